The van der Waals surface area contributed by atoms with Crippen LogP contribution >= 0.6 is 0 Å². The molecule has 3 nitrogen and oxygen atoms in total. The molecule has 4 rings (SSSR count). The summed E-state index contributed by atoms with van der Waals surface area (Å²) < 4.78 is 0. The van der Waals surface area contributed by atoms with Crippen molar-refractivity contribution < 1.29 is 4.79 Å². The molecule has 0 radical (unpaired) electrons. The van der Waals surface area contributed by atoms with E-state index in [2.05, 4.69) is 4.90 Å². The first kappa shape index (κ1) is 10.8. The molecule has 1 aromatic rings. The van der Waals surface area contributed by atoms with Gasteiger partial charge in [-0.1, -0.05) is 0 Å². The van der Waals surface area contributed by atoms with E-state index in [1.54, 1.807) is 0 Å². The molecule has 0 saturated carbocycles. The van der Waals surface area contributed by atoms with Crippen LogP contribution in [-0.4, -0.2) is 30.3 Å². The Labute approximate surface area is 102 Å². The zero-order valence-corrected chi connectivity index (χ0v) is 9.98. The van der Waals surface area contributed by atoms with Crippen molar-refractivity contribution >= 4 is 11.5 Å². The van der Waals surface area contributed by atoms with Gasteiger partial charge in [0.05, 0.1) is 0 Å². The van der Waals surface area contributed by atoms with Crippen molar-refractivity contribution in [3.63, 3.8) is 0 Å². The Hall–Kier alpha value is -1.35. The highest BCUT2D eigenvalue weighted by molar-refractivity contribution is 6.01. The van der Waals surface area contributed by atoms with E-state index in [0.29, 0.717) is 5.78 Å². The van der Waals surface area contributed by atoms with Crippen molar-refractivity contribution in [3.05, 3.63) is 29.8 Å². The lowest BCUT2D eigenvalue weighted by Gasteiger charge is -2.47. The minimum atomic E-state index is -0.0785. The fourth-order valence-corrected chi connectivity index (χ4v) is 3.11. The van der Waals surface area contributed by atoms with Crippen LogP contribution in [0.25, 0.3) is 0 Å². The Morgan fingerprint density at radius 3 is 2.12 bits per heavy atom. The predicted octanol–water partition coefficient (Wildman–Crippen LogP) is 1.94. The molecule has 0 atom stereocenters. The van der Waals surface area contributed by atoms with E-state index in [1.165, 1.54) is 0 Å². The van der Waals surface area contributed by atoms with Gasteiger partial charge >= 0.3 is 0 Å². The number of nitrogens with zero attached hydrogens (tertiary/aromatic N) is 1. The summed E-state index contributed by atoms with van der Waals surface area (Å²) in [4.78, 5) is 15.1. The van der Waals surface area contributed by atoms with Crippen molar-refractivity contribution in [2.45, 2.75) is 19.3 Å². The van der Waals surface area contributed by atoms with Gasteiger partial charge in [-0.3, -0.25) is 4.79 Å². The van der Waals surface area contributed by atoms with Gasteiger partial charge in [0.2, 0.25) is 0 Å². The van der Waals surface area contributed by atoms with Crippen LogP contribution in [0.3, 0.4) is 0 Å². The first-order valence-electron chi connectivity index (χ1n) is 6.32. The number of benzene rings is 1. The molecule has 0 unspecified atom stereocenters. The summed E-state index contributed by atoms with van der Waals surface area (Å²) in [6.45, 7) is 3.25. The monoisotopic (exact) mass is 230 g/mol. The van der Waals surface area contributed by atoms with Crippen molar-refractivity contribution in [2.75, 3.05) is 25.4 Å². The zero-order valence-electron chi connectivity index (χ0n) is 9.98. The van der Waals surface area contributed by atoms with Crippen LogP contribution in [0.1, 0.15) is 29.6 Å². The summed E-state index contributed by atoms with van der Waals surface area (Å²) in [6.07, 6.45) is 3.07. The molecule has 0 amide bonds. The highest BCUT2D eigenvalue weighted by Gasteiger charge is 2.44. The Kier molecular flexibility index (Phi) is 2.44. The molecule has 3 aliphatic heterocycles. The maximum atomic E-state index is 12.6. The van der Waals surface area contributed by atoms with Crippen molar-refractivity contribution in [1.29, 1.82) is 0 Å². The molecule has 3 fully saturated rings. The number of anilines is 1. The number of ketones is 1. The highest BCUT2D eigenvalue weighted by Crippen LogP contribution is 2.42. The summed E-state index contributed by atoms with van der Waals surface area (Å²) in [5.74, 6) is 0.330. The first-order chi connectivity index (χ1) is 8.20. The molecule has 3 saturated heterocycles. The number of carbonyl (C=O) groups excluding carboxylic acids is 1. The lowest BCUT2D eigenvalue weighted by molar-refractivity contribution is 0.0252. The van der Waals surface area contributed by atoms with Gasteiger partial charge in [-0.2, -0.15) is 0 Å². The van der Waals surface area contributed by atoms with Crippen LogP contribution in [0, 0.1) is 5.41 Å². The van der Waals surface area contributed by atoms with E-state index in [0.717, 1.165) is 50.1 Å². The van der Waals surface area contributed by atoms with Crippen molar-refractivity contribution in [1.82, 2.24) is 4.90 Å². The molecule has 0 aromatic heterocycles. The molecule has 0 aliphatic carbocycles. The number of nitrogens with two attached hydrogens (primary N) is 1. The molecule has 17 heavy (non-hydrogen) atoms. The van der Waals surface area contributed by atoms with Crippen LogP contribution in [-0.2, 0) is 0 Å². The molecule has 90 valence electrons. The third-order valence-corrected chi connectivity index (χ3v) is 4.37. The van der Waals surface area contributed by atoms with Gasteiger partial charge in [0.1, 0.15) is 0 Å². The minimum Gasteiger partial charge on any atom is -0.399 e. The molecule has 3 heterocycles. The fourth-order valence-electron chi connectivity index (χ4n) is 3.11. The Morgan fingerprint density at radius 1 is 1.06 bits per heavy atom. The number of piperidine rings is 3. The van der Waals surface area contributed by atoms with E-state index in [1.807, 2.05) is 24.3 Å². The third-order valence-electron chi connectivity index (χ3n) is 4.37. The topological polar surface area (TPSA) is 46.3 Å². The van der Waals surface area contributed by atoms with Crippen LogP contribution in [0.2, 0.25) is 0 Å². The zero-order chi connectivity index (χ0) is 11.9. The number of carbonyl (C=O) groups is 1. The summed E-state index contributed by atoms with van der Waals surface area (Å²) in [5, 5.41) is 0. The van der Waals surface area contributed by atoms with E-state index >= 15 is 0 Å². The normalized spacial score (nSPS) is 31.4. The molecule has 3 heteroatoms. The largest absolute Gasteiger partial charge is 0.399 e. The average molecular weight is 230 g/mol. The van der Waals surface area contributed by atoms with Crippen LogP contribution in [0.5, 0.6) is 0 Å². The van der Waals surface area contributed by atoms with Crippen LogP contribution in [0.15, 0.2) is 24.3 Å². The summed E-state index contributed by atoms with van der Waals surface area (Å²) in [6, 6.07) is 7.38. The standard InChI is InChI=1S/C14H18N2O/c15-12-3-1-11(2-4-12)13(17)14-5-8-16(9-6-14)10-7-14/h1-4H,5-10,15H2. The summed E-state index contributed by atoms with van der Waals surface area (Å²) in [5.41, 5.74) is 7.13. The molecule has 2 N–H and O–H groups in total. The van der Waals surface area contributed by atoms with E-state index in [4.69, 9.17) is 5.73 Å². The minimum absolute atomic E-state index is 0.0785. The SMILES string of the molecule is Nc1ccc(C(=O)C23CCN(CC2)CC3)cc1. The number of fused-ring (bicyclic) bond motifs is 3. The smallest absolute Gasteiger partial charge is 0.169 e. The van der Waals surface area contributed by atoms with Crippen LogP contribution < -0.4 is 5.73 Å². The number of Topliss-reactive ketones (excluding diaryl/α,β-unsaturated/α-hetero) is 1. The van der Waals surface area contributed by atoms with Gasteiger partial charge in [0, 0.05) is 16.7 Å². The second-order valence-electron chi connectivity index (χ2n) is 5.32. The molecule has 2 bridgehead atoms. The predicted molar refractivity (Wildman–Crippen MR) is 67.9 cm³/mol. The van der Waals surface area contributed by atoms with E-state index in [-0.39, 0.29) is 5.41 Å². The van der Waals surface area contributed by atoms with Gasteiger partial charge in [-0.25, -0.2) is 0 Å². The van der Waals surface area contributed by atoms with E-state index in [9.17, 15) is 4.79 Å². The fraction of sp³-hybridized carbons (Fsp3) is 0.500. The summed E-state index contributed by atoms with van der Waals surface area (Å²) >= 11 is 0. The van der Waals surface area contributed by atoms with Crippen molar-refractivity contribution in [3.8, 4) is 0 Å². The molecular formula is C14H18N2O. The third kappa shape index (κ3) is 1.75. The van der Waals surface area contributed by atoms with Gasteiger partial charge < -0.3 is 10.6 Å². The molecule has 3 aliphatic rings. The maximum Gasteiger partial charge on any atom is 0.169 e. The number of hydrogen-bond acceptors (Lipinski definition) is 3. The lowest BCUT2D eigenvalue weighted by atomic mass is 9.67. The lowest BCUT2D eigenvalue weighted by Crippen LogP contribution is -2.51. The quantitative estimate of drug-likeness (QED) is 0.624. The Bertz CT molecular complexity index is 416. The second kappa shape index (κ2) is 3.84. The number of rotatable bonds is 2. The Balaban J connectivity index is 1.88. The van der Waals surface area contributed by atoms with E-state index < -0.39 is 0 Å². The maximum absolute atomic E-state index is 12.6. The number of nitrogen functional groups attached to an aromatic ring is 1. The van der Waals surface area contributed by atoms with Gasteiger partial charge in [-0.05, 0) is 63.2 Å². The number of hydrogen-bond donors (Lipinski definition) is 1. The Morgan fingerprint density at radius 2 is 1.59 bits per heavy atom. The van der Waals surface area contributed by atoms with Crippen LogP contribution in [0.4, 0.5) is 5.69 Å². The summed E-state index contributed by atoms with van der Waals surface area (Å²) in [7, 11) is 0. The molecule has 1 aromatic carbocycles. The molecule has 0 spiro atoms. The van der Waals surface area contributed by atoms with Gasteiger partial charge in [-0.15, -0.1) is 0 Å². The van der Waals surface area contributed by atoms with Crippen molar-refractivity contribution in [2.24, 2.45) is 5.41 Å². The van der Waals surface area contributed by atoms with Gasteiger partial charge in [0.25, 0.3) is 0 Å². The van der Waals surface area contributed by atoms with Gasteiger partial charge in [0.15, 0.2) is 5.78 Å². The second-order valence-corrected chi connectivity index (χ2v) is 5.32. The molecular weight excluding hydrogens is 212 g/mol. The first-order valence-corrected chi connectivity index (χ1v) is 6.32. The highest BCUT2D eigenvalue weighted by atomic mass is 16.1. The average Bonchev–Trinajstić information content (AvgIpc) is 2.41.